The number of aromatic nitrogens is 4. The third kappa shape index (κ3) is 2.64. The van der Waals surface area contributed by atoms with Gasteiger partial charge in [0.15, 0.2) is 9.49 Å². The van der Waals surface area contributed by atoms with Gasteiger partial charge in [-0.2, -0.15) is 0 Å². The zero-order valence-corrected chi connectivity index (χ0v) is 10.2. The van der Waals surface area contributed by atoms with Gasteiger partial charge in [0.25, 0.3) is 0 Å². The molecular weight excluding hydrogens is 252 g/mol. The van der Waals surface area contributed by atoms with Gasteiger partial charge in [-0.05, 0) is 18.2 Å². The van der Waals surface area contributed by atoms with Crippen molar-refractivity contribution in [3.8, 4) is 0 Å². The van der Waals surface area contributed by atoms with Gasteiger partial charge in [0.05, 0.1) is 0 Å². The first kappa shape index (κ1) is 10.8. The molecule has 0 radical (unpaired) electrons. The van der Waals surface area contributed by atoms with E-state index in [-0.39, 0.29) is 0 Å². The lowest BCUT2D eigenvalue weighted by molar-refractivity contribution is 0.941. The van der Waals surface area contributed by atoms with Crippen molar-refractivity contribution in [3.05, 3.63) is 22.6 Å². The molecule has 0 aliphatic heterocycles. The Bertz CT molecular complexity index is 459. The van der Waals surface area contributed by atoms with E-state index in [1.165, 1.54) is 11.8 Å². The Morgan fingerprint density at radius 2 is 2.13 bits per heavy atom. The molecule has 2 aromatic heterocycles. The first-order valence-corrected chi connectivity index (χ1v) is 6.27. The summed E-state index contributed by atoms with van der Waals surface area (Å²) in [6, 6.07) is 0. The van der Waals surface area contributed by atoms with Crippen molar-refractivity contribution in [2.45, 2.75) is 22.7 Å². The number of nitrogens with zero attached hydrogens (tertiary/aromatic N) is 4. The molecule has 0 spiro atoms. The van der Waals surface area contributed by atoms with E-state index in [4.69, 9.17) is 11.6 Å². The first-order chi connectivity index (χ1) is 7.29. The molecule has 0 N–H and O–H groups in total. The molecule has 0 amide bonds. The van der Waals surface area contributed by atoms with Crippen molar-refractivity contribution >= 4 is 34.7 Å². The topological polar surface area (TPSA) is 51.6 Å². The lowest BCUT2D eigenvalue weighted by atomic mass is 10.5. The van der Waals surface area contributed by atoms with Crippen LogP contribution in [0.2, 0.25) is 5.15 Å². The van der Waals surface area contributed by atoms with E-state index in [0.717, 1.165) is 15.8 Å². The SMILES string of the molecule is CCc1nnc(Sc2nccnc2Cl)s1. The molecule has 0 unspecified atom stereocenters. The number of hydrogen-bond acceptors (Lipinski definition) is 6. The van der Waals surface area contributed by atoms with Gasteiger partial charge in [-0.25, -0.2) is 9.97 Å². The molecule has 0 saturated heterocycles. The highest BCUT2D eigenvalue weighted by molar-refractivity contribution is 8.01. The van der Waals surface area contributed by atoms with Gasteiger partial charge in [0.1, 0.15) is 10.0 Å². The fraction of sp³-hybridized carbons (Fsp3) is 0.250. The summed E-state index contributed by atoms with van der Waals surface area (Å²) >= 11 is 8.82. The molecule has 0 fully saturated rings. The van der Waals surface area contributed by atoms with Gasteiger partial charge in [-0.15, -0.1) is 10.2 Å². The maximum Gasteiger partial charge on any atom is 0.180 e. The highest BCUT2D eigenvalue weighted by Crippen LogP contribution is 2.31. The van der Waals surface area contributed by atoms with E-state index in [1.54, 1.807) is 23.7 Å². The number of halogens is 1. The fourth-order valence-electron chi connectivity index (χ4n) is 0.882. The molecule has 2 rings (SSSR count). The van der Waals surface area contributed by atoms with Crippen LogP contribution in [0.15, 0.2) is 21.8 Å². The van der Waals surface area contributed by atoms with Crippen LogP contribution in [-0.4, -0.2) is 20.2 Å². The quantitative estimate of drug-likeness (QED) is 0.847. The molecule has 7 heteroatoms. The Labute approximate surface area is 100 Å². The Morgan fingerprint density at radius 1 is 1.33 bits per heavy atom. The highest BCUT2D eigenvalue weighted by Gasteiger charge is 2.08. The second kappa shape index (κ2) is 4.87. The van der Waals surface area contributed by atoms with Crippen molar-refractivity contribution in [1.82, 2.24) is 20.2 Å². The molecule has 2 heterocycles. The largest absolute Gasteiger partial charge is 0.245 e. The minimum absolute atomic E-state index is 0.399. The number of rotatable bonds is 3. The highest BCUT2D eigenvalue weighted by atomic mass is 35.5. The maximum absolute atomic E-state index is 5.88. The zero-order valence-electron chi connectivity index (χ0n) is 7.85. The van der Waals surface area contributed by atoms with Crippen molar-refractivity contribution in [1.29, 1.82) is 0 Å². The maximum atomic E-state index is 5.88. The summed E-state index contributed by atoms with van der Waals surface area (Å²) in [5, 5.41) is 10.1. The Hall–Kier alpha value is -0.720. The van der Waals surface area contributed by atoms with Crippen LogP contribution in [0, 0.1) is 0 Å². The second-order valence-corrected chi connectivity index (χ2v) is 5.23. The average Bonchev–Trinajstić information content (AvgIpc) is 2.69. The molecule has 0 aromatic carbocycles. The van der Waals surface area contributed by atoms with Gasteiger partial charge >= 0.3 is 0 Å². The van der Waals surface area contributed by atoms with E-state index in [0.29, 0.717) is 10.2 Å². The third-order valence-corrected chi connectivity index (χ3v) is 4.06. The number of hydrogen-bond donors (Lipinski definition) is 0. The lowest BCUT2D eigenvalue weighted by Crippen LogP contribution is -1.83. The molecule has 15 heavy (non-hydrogen) atoms. The summed E-state index contributed by atoms with van der Waals surface area (Å²) in [4.78, 5) is 8.06. The van der Waals surface area contributed by atoms with Crippen LogP contribution in [0.25, 0.3) is 0 Å². The Morgan fingerprint density at radius 3 is 2.80 bits per heavy atom. The average molecular weight is 259 g/mol. The third-order valence-electron chi connectivity index (χ3n) is 1.56. The molecular formula is C8H7ClN4S2. The van der Waals surface area contributed by atoms with Crippen LogP contribution in [0.5, 0.6) is 0 Å². The van der Waals surface area contributed by atoms with Crippen LogP contribution in [-0.2, 0) is 6.42 Å². The van der Waals surface area contributed by atoms with Crippen molar-refractivity contribution in [2.24, 2.45) is 0 Å². The standard InChI is InChI=1S/C8H7ClN4S2/c1-2-5-12-13-8(14-5)15-7-6(9)10-3-4-11-7/h3-4H,2H2,1H3. The molecule has 0 bridgehead atoms. The van der Waals surface area contributed by atoms with Gasteiger partial charge in [-0.3, -0.25) is 0 Å². The molecule has 0 atom stereocenters. The zero-order chi connectivity index (χ0) is 10.7. The first-order valence-electron chi connectivity index (χ1n) is 4.26. The summed E-state index contributed by atoms with van der Waals surface area (Å²) in [5.74, 6) is 0. The van der Waals surface area contributed by atoms with Crippen LogP contribution in [0.1, 0.15) is 11.9 Å². The second-order valence-electron chi connectivity index (χ2n) is 2.57. The van der Waals surface area contributed by atoms with E-state index < -0.39 is 0 Å². The van der Waals surface area contributed by atoms with Gasteiger partial charge in [0.2, 0.25) is 0 Å². The van der Waals surface area contributed by atoms with Gasteiger partial charge in [0, 0.05) is 12.4 Å². The molecule has 78 valence electrons. The van der Waals surface area contributed by atoms with Crippen LogP contribution in [0.4, 0.5) is 0 Å². The van der Waals surface area contributed by atoms with Crippen molar-refractivity contribution < 1.29 is 0 Å². The summed E-state index contributed by atoms with van der Waals surface area (Å²) in [6.07, 6.45) is 4.06. The van der Waals surface area contributed by atoms with Crippen molar-refractivity contribution in [2.75, 3.05) is 0 Å². The molecule has 0 saturated carbocycles. The van der Waals surface area contributed by atoms with E-state index in [2.05, 4.69) is 20.2 Å². The van der Waals surface area contributed by atoms with Crippen LogP contribution >= 0.6 is 34.7 Å². The summed E-state index contributed by atoms with van der Waals surface area (Å²) in [5.41, 5.74) is 0. The summed E-state index contributed by atoms with van der Waals surface area (Å²) < 4.78 is 0.842. The monoisotopic (exact) mass is 258 g/mol. The normalized spacial score (nSPS) is 10.5. The minimum atomic E-state index is 0.399. The molecule has 2 aromatic rings. The van der Waals surface area contributed by atoms with Crippen molar-refractivity contribution in [3.63, 3.8) is 0 Å². The minimum Gasteiger partial charge on any atom is -0.245 e. The molecule has 0 aliphatic carbocycles. The van der Waals surface area contributed by atoms with Gasteiger partial charge < -0.3 is 0 Å². The fourth-order valence-corrected chi connectivity index (χ4v) is 2.80. The lowest BCUT2D eigenvalue weighted by Gasteiger charge is -1.96. The predicted octanol–water partition coefficient (Wildman–Crippen LogP) is 2.70. The van der Waals surface area contributed by atoms with Gasteiger partial charge in [-0.1, -0.05) is 29.9 Å². The summed E-state index contributed by atoms with van der Waals surface area (Å²) in [6.45, 7) is 2.05. The smallest absolute Gasteiger partial charge is 0.180 e. The van der Waals surface area contributed by atoms with E-state index >= 15 is 0 Å². The van der Waals surface area contributed by atoms with E-state index in [1.807, 2.05) is 6.92 Å². The Kier molecular flexibility index (Phi) is 3.50. The molecule has 0 aliphatic rings. The molecule has 4 nitrogen and oxygen atoms in total. The summed E-state index contributed by atoms with van der Waals surface area (Å²) in [7, 11) is 0. The van der Waals surface area contributed by atoms with E-state index in [9.17, 15) is 0 Å². The predicted molar refractivity (Wildman–Crippen MR) is 60.5 cm³/mol. The van der Waals surface area contributed by atoms with Crippen LogP contribution < -0.4 is 0 Å². The Balaban J connectivity index is 2.18. The van der Waals surface area contributed by atoms with Crippen LogP contribution in [0.3, 0.4) is 0 Å². The number of aryl methyl sites for hydroxylation is 1.